The Hall–Kier alpha value is -3.25. The van der Waals surface area contributed by atoms with Crippen LogP contribution in [0.15, 0.2) is 60.7 Å². The van der Waals surface area contributed by atoms with Gasteiger partial charge in [-0.1, -0.05) is 17.7 Å². The number of halogens is 2. The molecule has 0 N–H and O–H groups in total. The van der Waals surface area contributed by atoms with Gasteiger partial charge < -0.3 is 19.1 Å². The number of fused-ring (bicyclic) bond motifs is 1. The summed E-state index contributed by atoms with van der Waals surface area (Å²) < 4.78 is 31.2. The first kappa shape index (κ1) is 21.0. The van der Waals surface area contributed by atoms with Gasteiger partial charge in [0.2, 0.25) is 0 Å². The zero-order valence-electron chi connectivity index (χ0n) is 17.1. The van der Waals surface area contributed by atoms with Crippen molar-refractivity contribution in [1.82, 2.24) is 4.90 Å². The Labute approximate surface area is 184 Å². The van der Waals surface area contributed by atoms with Crippen molar-refractivity contribution in [2.45, 2.75) is 12.6 Å². The fraction of sp³-hybridized carbons (Fsp3) is 0.208. The number of carbonyl (C=O) groups is 1. The molecule has 0 aromatic heterocycles. The van der Waals surface area contributed by atoms with E-state index in [2.05, 4.69) is 0 Å². The summed E-state index contributed by atoms with van der Waals surface area (Å²) in [5.41, 5.74) is 1.72. The lowest BCUT2D eigenvalue weighted by Crippen LogP contribution is -2.33. The first-order valence-corrected chi connectivity index (χ1v) is 10.1. The zero-order chi connectivity index (χ0) is 22.0. The molecule has 1 atom stereocenters. The summed E-state index contributed by atoms with van der Waals surface area (Å²) in [7, 11) is 3.06. The van der Waals surface area contributed by atoms with Crippen LogP contribution in [0.3, 0.4) is 0 Å². The maximum Gasteiger partial charge on any atom is 0.255 e. The second kappa shape index (κ2) is 8.86. The van der Waals surface area contributed by atoms with E-state index < -0.39 is 11.9 Å². The van der Waals surface area contributed by atoms with E-state index >= 15 is 0 Å². The van der Waals surface area contributed by atoms with Crippen LogP contribution in [0.2, 0.25) is 5.02 Å². The molecule has 31 heavy (non-hydrogen) atoms. The molecule has 1 aliphatic heterocycles. The van der Waals surface area contributed by atoms with Gasteiger partial charge in [0, 0.05) is 28.8 Å². The predicted molar refractivity (Wildman–Crippen MR) is 116 cm³/mol. The summed E-state index contributed by atoms with van der Waals surface area (Å²) in [5.74, 6) is 1.03. The van der Waals surface area contributed by atoms with Crippen LogP contribution in [0, 0.1) is 5.82 Å². The normalized spacial score (nSPS) is 13.7. The maximum absolute atomic E-state index is 15.0. The molecule has 1 unspecified atom stereocenters. The van der Waals surface area contributed by atoms with Crippen LogP contribution in [-0.4, -0.2) is 31.6 Å². The highest BCUT2D eigenvalue weighted by Crippen LogP contribution is 2.35. The number of hydrogen-bond acceptors (Lipinski definition) is 4. The zero-order valence-corrected chi connectivity index (χ0v) is 17.9. The first-order valence-electron chi connectivity index (χ1n) is 9.70. The highest BCUT2D eigenvalue weighted by atomic mass is 35.5. The summed E-state index contributed by atoms with van der Waals surface area (Å²) in [4.78, 5) is 14.7. The molecule has 0 radical (unpaired) electrons. The highest BCUT2D eigenvalue weighted by Gasteiger charge is 2.35. The molecule has 1 amide bonds. The van der Waals surface area contributed by atoms with Crippen LogP contribution in [0.4, 0.5) is 4.39 Å². The van der Waals surface area contributed by atoms with Crippen LogP contribution in [0.25, 0.3) is 0 Å². The second-order valence-corrected chi connectivity index (χ2v) is 7.56. The van der Waals surface area contributed by atoms with E-state index in [1.165, 1.54) is 13.2 Å². The molecule has 0 saturated heterocycles. The van der Waals surface area contributed by atoms with Gasteiger partial charge in [0.25, 0.3) is 5.91 Å². The lowest BCUT2D eigenvalue weighted by Gasteiger charge is -2.28. The van der Waals surface area contributed by atoms with Gasteiger partial charge in [0.15, 0.2) is 0 Å². The summed E-state index contributed by atoms with van der Waals surface area (Å²) in [5, 5.41) is 0.551. The van der Waals surface area contributed by atoms with Gasteiger partial charge in [-0.05, 0) is 54.1 Å². The number of amides is 1. The fourth-order valence-corrected chi connectivity index (χ4v) is 3.86. The number of methoxy groups -OCH3 is 2. The minimum Gasteiger partial charge on any atom is -0.497 e. The molecule has 3 aromatic rings. The van der Waals surface area contributed by atoms with E-state index in [4.69, 9.17) is 25.8 Å². The van der Waals surface area contributed by atoms with Crippen molar-refractivity contribution in [3.8, 4) is 17.2 Å². The largest absolute Gasteiger partial charge is 0.497 e. The Morgan fingerprint density at radius 3 is 2.32 bits per heavy atom. The molecule has 5 nitrogen and oxygen atoms in total. The third-order valence-electron chi connectivity index (χ3n) is 5.31. The SMILES string of the molecule is COc1ccc(OCC(c2ccc(OC)cc2F)N2Cc3cc(Cl)ccc3C2=O)cc1. The van der Waals surface area contributed by atoms with Crippen LogP contribution in [0.1, 0.15) is 27.5 Å². The number of benzene rings is 3. The summed E-state index contributed by atoms with van der Waals surface area (Å²) in [6, 6.07) is 16.2. The number of ether oxygens (including phenoxy) is 3. The topological polar surface area (TPSA) is 48.0 Å². The summed E-state index contributed by atoms with van der Waals surface area (Å²) in [6.07, 6.45) is 0. The maximum atomic E-state index is 15.0. The van der Waals surface area contributed by atoms with Gasteiger partial charge in [-0.25, -0.2) is 4.39 Å². The number of rotatable bonds is 7. The quantitative estimate of drug-likeness (QED) is 0.501. The van der Waals surface area contributed by atoms with Crippen molar-refractivity contribution in [2.75, 3.05) is 20.8 Å². The molecular formula is C24H21ClFNO4. The van der Waals surface area contributed by atoms with Gasteiger partial charge in [-0.3, -0.25) is 4.79 Å². The lowest BCUT2D eigenvalue weighted by atomic mass is 10.0. The second-order valence-electron chi connectivity index (χ2n) is 7.12. The summed E-state index contributed by atoms with van der Waals surface area (Å²) >= 11 is 6.10. The van der Waals surface area contributed by atoms with E-state index in [1.807, 2.05) is 0 Å². The lowest BCUT2D eigenvalue weighted by molar-refractivity contribution is 0.0630. The van der Waals surface area contributed by atoms with E-state index in [1.54, 1.807) is 66.6 Å². The Kier molecular flexibility index (Phi) is 6.00. The predicted octanol–water partition coefficient (Wildman–Crippen LogP) is 5.27. The highest BCUT2D eigenvalue weighted by molar-refractivity contribution is 6.30. The van der Waals surface area contributed by atoms with Crippen molar-refractivity contribution < 1.29 is 23.4 Å². The van der Waals surface area contributed by atoms with Gasteiger partial charge >= 0.3 is 0 Å². The van der Waals surface area contributed by atoms with Crippen LogP contribution < -0.4 is 14.2 Å². The average Bonchev–Trinajstić information content (AvgIpc) is 3.10. The number of carbonyl (C=O) groups excluding carboxylic acids is 1. The molecular weight excluding hydrogens is 421 g/mol. The Morgan fingerprint density at radius 1 is 0.968 bits per heavy atom. The average molecular weight is 442 g/mol. The van der Waals surface area contributed by atoms with E-state index in [0.29, 0.717) is 39.9 Å². The smallest absolute Gasteiger partial charge is 0.255 e. The Bertz CT molecular complexity index is 1100. The molecule has 0 fully saturated rings. The van der Waals surface area contributed by atoms with Crippen molar-refractivity contribution in [2.24, 2.45) is 0 Å². The fourth-order valence-electron chi connectivity index (χ4n) is 3.66. The molecule has 3 aromatic carbocycles. The molecule has 7 heteroatoms. The van der Waals surface area contributed by atoms with Crippen molar-refractivity contribution in [3.05, 3.63) is 88.2 Å². The van der Waals surface area contributed by atoms with Gasteiger partial charge in [-0.15, -0.1) is 0 Å². The number of nitrogens with zero attached hydrogens (tertiary/aromatic N) is 1. The molecule has 1 heterocycles. The Balaban J connectivity index is 1.65. The van der Waals surface area contributed by atoms with Gasteiger partial charge in [0.1, 0.15) is 29.7 Å². The van der Waals surface area contributed by atoms with Crippen molar-refractivity contribution in [1.29, 1.82) is 0 Å². The monoisotopic (exact) mass is 441 g/mol. The minimum absolute atomic E-state index is 0.0725. The van der Waals surface area contributed by atoms with Crippen LogP contribution in [-0.2, 0) is 6.54 Å². The van der Waals surface area contributed by atoms with E-state index in [0.717, 1.165) is 5.56 Å². The Morgan fingerprint density at radius 2 is 1.65 bits per heavy atom. The molecule has 0 saturated carbocycles. The molecule has 0 aliphatic carbocycles. The number of hydrogen-bond donors (Lipinski definition) is 0. The molecule has 160 valence electrons. The first-order chi connectivity index (χ1) is 15.0. The molecule has 0 bridgehead atoms. The standard InChI is InChI=1S/C24H21ClFNO4/c1-29-17-4-6-18(7-5-17)31-14-23(21-10-8-19(30-2)12-22(21)26)27-13-15-11-16(25)3-9-20(15)24(27)28/h3-12,23H,13-14H2,1-2H3. The van der Waals surface area contributed by atoms with Crippen molar-refractivity contribution >= 4 is 17.5 Å². The molecule has 0 spiro atoms. The van der Waals surface area contributed by atoms with Crippen LogP contribution in [0.5, 0.6) is 17.2 Å². The molecule has 1 aliphatic rings. The van der Waals surface area contributed by atoms with Gasteiger partial charge in [-0.2, -0.15) is 0 Å². The van der Waals surface area contributed by atoms with E-state index in [9.17, 15) is 9.18 Å². The minimum atomic E-state index is -0.647. The van der Waals surface area contributed by atoms with Crippen LogP contribution >= 0.6 is 11.6 Å². The third kappa shape index (κ3) is 4.30. The third-order valence-corrected chi connectivity index (χ3v) is 5.54. The summed E-state index contributed by atoms with van der Waals surface area (Å²) in [6.45, 7) is 0.389. The van der Waals surface area contributed by atoms with Crippen molar-refractivity contribution in [3.63, 3.8) is 0 Å². The molecule has 4 rings (SSSR count). The van der Waals surface area contributed by atoms with E-state index in [-0.39, 0.29) is 12.5 Å². The van der Waals surface area contributed by atoms with Gasteiger partial charge in [0.05, 0.1) is 20.3 Å².